The molecule has 136 valence electrons. The van der Waals surface area contributed by atoms with Crippen LogP contribution in [0.2, 0.25) is 5.02 Å². The van der Waals surface area contributed by atoms with Crippen LogP contribution in [-0.2, 0) is 16.0 Å². The predicted octanol–water partition coefficient (Wildman–Crippen LogP) is 4.05. The summed E-state index contributed by atoms with van der Waals surface area (Å²) in [6.07, 6.45) is 1.09. The Bertz CT molecular complexity index is 804. The Morgan fingerprint density at radius 3 is 2.58 bits per heavy atom. The highest BCUT2D eigenvalue weighted by molar-refractivity contribution is 6.30. The van der Waals surface area contributed by atoms with Gasteiger partial charge in [0.25, 0.3) is 0 Å². The molecule has 0 radical (unpaired) electrons. The van der Waals surface area contributed by atoms with Crippen molar-refractivity contribution < 1.29 is 9.59 Å². The first-order valence-corrected chi connectivity index (χ1v) is 9.23. The van der Waals surface area contributed by atoms with Gasteiger partial charge in [-0.3, -0.25) is 9.59 Å². The zero-order valence-corrected chi connectivity index (χ0v) is 15.8. The lowest BCUT2D eigenvalue weighted by atomic mass is 9.90. The van der Waals surface area contributed by atoms with Gasteiger partial charge < -0.3 is 10.2 Å². The van der Waals surface area contributed by atoms with E-state index in [1.165, 1.54) is 5.56 Å². The molecule has 5 heteroatoms. The second-order valence-electron chi connectivity index (χ2n) is 6.72. The SMILES string of the molecule is CC(=O)N1CCc2ccccc2C1CC(=O)NC(C)c1ccc(Cl)cc1. The molecular formula is C21H23ClN2O2. The maximum Gasteiger partial charge on any atom is 0.222 e. The van der Waals surface area contributed by atoms with Crippen LogP contribution < -0.4 is 5.32 Å². The van der Waals surface area contributed by atoms with Gasteiger partial charge in [0, 0.05) is 18.5 Å². The first-order valence-electron chi connectivity index (χ1n) is 8.85. The van der Waals surface area contributed by atoms with Crippen LogP contribution >= 0.6 is 11.6 Å². The second kappa shape index (κ2) is 7.92. The molecule has 2 amide bonds. The van der Waals surface area contributed by atoms with Gasteiger partial charge in [0.05, 0.1) is 18.5 Å². The van der Waals surface area contributed by atoms with E-state index in [0.29, 0.717) is 11.6 Å². The van der Waals surface area contributed by atoms with Crippen LogP contribution in [0.3, 0.4) is 0 Å². The van der Waals surface area contributed by atoms with Crippen LogP contribution in [0.5, 0.6) is 0 Å². The number of benzene rings is 2. The number of nitrogens with one attached hydrogen (secondary N) is 1. The van der Waals surface area contributed by atoms with Crippen molar-refractivity contribution in [2.45, 2.75) is 38.8 Å². The molecule has 4 nitrogen and oxygen atoms in total. The molecule has 1 N–H and O–H groups in total. The van der Waals surface area contributed by atoms with E-state index >= 15 is 0 Å². The molecule has 2 aromatic carbocycles. The van der Waals surface area contributed by atoms with Crippen molar-refractivity contribution >= 4 is 23.4 Å². The van der Waals surface area contributed by atoms with Crippen molar-refractivity contribution in [2.24, 2.45) is 0 Å². The number of carbonyl (C=O) groups is 2. The Kier molecular flexibility index (Phi) is 5.62. The van der Waals surface area contributed by atoms with E-state index in [0.717, 1.165) is 17.5 Å². The maximum atomic E-state index is 12.7. The minimum atomic E-state index is -0.213. The van der Waals surface area contributed by atoms with Crippen LogP contribution in [0, 0.1) is 0 Å². The third-order valence-corrected chi connectivity index (χ3v) is 5.20. The minimum absolute atomic E-state index is 0.00283. The Hall–Kier alpha value is -2.33. The van der Waals surface area contributed by atoms with Crippen LogP contribution in [0.1, 0.15) is 49.0 Å². The van der Waals surface area contributed by atoms with E-state index in [2.05, 4.69) is 11.4 Å². The van der Waals surface area contributed by atoms with Gasteiger partial charge in [-0.15, -0.1) is 0 Å². The van der Waals surface area contributed by atoms with Crippen molar-refractivity contribution in [3.63, 3.8) is 0 Å². The van der Waals surface area contributed by atoms with Crippen molar-refractivity contribution in [3.05, 3.63) is 70.2 Å². The highest BCUT2D eigenvalue weighted by atomic mass is 35.5. The molecule has 0 saturated carbocycles. The summed E-state index contributed by atoms with van der Waals surface area (Å²) in [5.41, 5.74) is 3.28. The molecule has 0 aliphatic carbocycles. The molecule has 2 atom stereocenters. The Balaban J connectivity index is 1.74. The lowest BCUT2D eigenvalue weighted by Crippen LogP contribution is -2.41. The average molecular weight is 371 g/mol. The van der Waals surface area contributed by atoms with Crippen molar-refractivity contribution in [2.75, 3.05) is 6.54 Å². The fourth-order valence-corrected chi connectivity index (χ4v) is 3.69. The standard InChI is InChI=1S/C21H23ClN2O2/c1-14(16-7-9-18(22)10-8-16)23-21(26)13-20-19-6-4-3-5-17(19)11-12-24(20)15(2)25/h3-10,14,20H,11-13H2,1-2H3,(H,23,26). The summed E-state index contributed by atoms with van der Waals surface area (Å²) in [4.78, 5) is 26.5. The van der Waals surface area contributed by atoms with E-state index in [1.807, 2.05) is 49.4 Å². The van der Waals surface area contributed by atoms with E-state index in [4.69, 9.17) is 11.6 Å². The van der Waals surface area contributed by atoms with Gasteiger partial charge in [0.1, 0.15) is 0 Å². The zero-order chi connectivity index (χ0) is 18.7. The Labute approximate surface area is 159 Å². The maximum absolute atomic E-state index is 12.7. The fourth-order valence-electron chi connectivity index (χ4n) is 3.56. The van der Waals surface area contributed by atoms with Crippen molar-refractivity contribution in [3.8, 4) is 0 Å². The van der Waals surface area contributed by atoms with Crippen LogP contribution in [0.15, 0.2) is 48.5 Å². The van der Waals surface area contributed by atoms with Gasteiger partial charge in [-0.25, -0.2) is 0 Å². The third kappa shape index (κ3) is 4.07. The summed E-state index contributed by atoms with van der Waals surface area (Å²) in [6, 6.07) is 15.2. The van der Waals surface area contributed by atoms with Gasteiger partial charge in [-0.05, 0) is 42.2 Å². The summed E-state index contributed by atoms with van der Waals surface area (Å²) < 4.78 is 0. The van der Waals surface area contributed by atoms with E-state index in [9.17, 15) is 9.59 Å². The summed E-state index contributed by atoms with van der Waals surface area (Å²) in [7, 11) is 0. The van der Waals surface area contributed by atoms with E-state index in [-0.39, 0.29) is 30.3 Å². The fraction of sp³-hybridized carbons (Fsp3) is 0.333. The Morgan fingerprint density at radius 2 is 1.88 bits per heavy atom. The van der Waals surface area contributed by atoms with Gasteiger partial charge >= 0.3 is 0 Å². The quantitative estimate of drug-likeness (QED) is 0.882. The third-order valence-electron chi connectivity index (χ3n) is 4.94. The number of rotatable bonds is 4. The van der Waals surface area contributed by atoms with Crippen molar-refractivity contribution in [1.29, 1.82) is 0 Å². The number of carbonyl (C=O) groups excluding carboxylic acids is 2. The lowest BCUT2D eigenvalue weighted by Gasteiger charge is -2.36. The van der Waals surface area contributed by atoms with Crippen molar-refractivity contribution in [1.82, 2.24) is 10.2 Å². The molecule has 1 heterocycles. The van der Waals surface area contributed by atoms with Gasteiger partial charge in [0.2, 0.25) is 11.8 Å². The predicted molar refractivity (Wildman–Crippen MR) is 103 cm³/mol. The average Bonchev–Trinajstić information content (AvgIpc) is 2.62. The molecule has 1 aliphatic heterocycles. The second-order valence-corrected chi connectivity index (χ2v) is 7.16. The molecule has 3 rings (SSSR count). The molecular weight excluding hydrogens is 348 g/mol. The monoisotopic (exact) mass is 370 g/mol. The summed E-state index contributed by atoms with van der Waals surface area (Å²) in [5.74, 6) is -0.0662. The summed E-state index contributed by atoms with van der Waals surface area (Å²) in [5, 5.41) is 3.70. The largest absolute Gasteiger partial charge is 0.350 e. The smallest absolute Gasteiger partial charge is 0.222 e. The normalized spacial score (nSPS) is 17.3. The van der Waals surface area contributed by atoms with Crippen LogP contribution in [0.25, 0.3) is 0 Å². The van der Waals surface area contributed by atoms with Gasteiger partial charge in [-0.1, -0.05) is 48.0 Å². The Morgan fingerprint density at radius 1 is 1.19 bits per heavy atom. The number of amides is 2. The molecule has 1 aliphatic rings. The molecule has 26 heavy (non-hydrogen) atoms. The topological polar surface area (TPSA) is 49.4 Å². The molecule has 0 aromatic heterocycles. The molecule has 2 aromatic rings. The number of hydrogen-bond donors (Lipinski definition) is 1. The molecule has 0 saturated heterocycles. The first-order chi connectivity index (χ1) is 12.5. The molecule has 0 spiro atoms. The molecule has 0 bridgehead atoms. The number of nitrogens with zero attached hydrogens (tertiary/aromatic N) is 1. The van der Waals surface area contributed by atoms with Crippen LogP contribution in [0.4, 0.5) is 0 Å². The number of hydrogen-bond acceptors (Lipinski definition) is 2. The highest BCUT2D eigenvalue weighted by Crippen LogP contribution is 2.32. The van der Waals surface area contributed by atoms with Gasteiger partial charge in [0.15, 0.2) is 0 Å². The van der Waals surface area contributed by atoms with E-state index < -0.39 is 0 Å². The van der Waals surface area contributed by atoms with E-state index in [1.54, 1.807) is 11.8 Å². The summed E-state index contributed by atoms with van der Waals surface area (Å²) in [6.45, 7) is 4.16. The van der Waals surface area contributed by atoms with Gasteiger partial charge in [-0.2, -0.15) is 0 Å². The lowest BCUT2D eigenvalue weighted by molar-refractivity contribution is -0.133. The molecule has 2 unspecified atom stereocenters. The molecule has 0 fully saturated rings. The zero-order valence-electron chi connectivity index (χ0n) is 15.0. The van der Waals surface area contributed by atoms with Crippen LogP contribution in [-0.4, -0.2) is 23.3 Å². The first kappa shape index (κ1) is 18.5. The number of fused-ring (bicyclic) bond motifs is 1. The number of halogens is 1. The highest BCUT2D eigenvalue weighted by Gasteiger charge is 2.30. The minimum Gasteiger partial charge on any atom is -0.350 e. The summed E-state index contributed by atoms with van der Waals surface area (Å²) >= 11 is 5.92.